The van der Waals surface area contributed by atoms with Gasteiger partial charge in [0, 0.05) is 12.1 Å². The molecule has 1 heterocycles. The lowest BCUT2D eigenvalue weighted by Crippen LogP contribution is -3.00. The Morgan fingerprint density at radius 2 is 1.72 bits per heavy atom. The summed E-state index contributed by atoms with van der Waals surface area (Å²) in [7, 11) is 3.05. The third-order valence-electron chi connectivity index (χ3n) is 3.87. The number of rotatable bonds is 5. The molecule has 0 aliphatic heterocycles. The molecule has 0 unspecified atom stereocenters. The van der Waals surface area contributed by atoms with Crippen LogP contribution in [0.5, 0.6) is 17.2 Å². The number of thiazole rings is 1. The molecule has 4 nitrogen and oxygen atoms in total. The van der Waals surface area contributed by atoms with Gasteiger partial charge in [0.15, 0.2) is 11.5 Å². The van der Waals surface area contributed by atoms with Crippen molar-refractivity contribution in [3.05, 3.63) is 47.0 Å². The minimum Gasteiger partial charge on any atom is -1.00 e. The number of para-hydroxylation sites is 1. The van der Waals surface area contributed by atoms with E-state index in [2.05, 4.69) is 41.8 Å². The highest BCUT2D eigenvalue weighted by Crippen LogP contribution is 2.37. The number of benzene rings is 2. The highest BCUT2D eigenvalue weighted by Gasteiger charge is 2.16. The van der Waals surface area contributed by atoms with Crippen molar-refractivity contribution in [3.8, 4) is 17.2 Å². The molecule has 0 amide bonds. The van der Waals surface area contributed by atoms with Crippen LogP contribution in [0, 0.1) is 0 Å². The molecule has 0 spiro atoms. The second kappa shape index (κ2) is 8.36. The van der Waals surface area contributed by atoms with Gasteiger partial charge in [-0.1, -0.05) is 23.5 Å². The predicted octanol–water partition coefficient (Wildman–Crippen LogP) is 1.11. The Labute approximate surface area is 161 Å². The monoisotopic (exact) mass is 421 g/mol. The normalized spacial score (nSPS) is 10.8. The van der Waals surface area contributed by atoms with E-state index in [-0.39, 0.29) is 22.7 Å². The third-order valence-corrected chi connectivity index (χ3v) is 5.00. The van der Waals surface area contributed by atoms with E-state index in [1.54, 1.807) is 23.5 Å². The molecule has 0 radical (unpaired) electrons. The highest BCUT2D eigenvalue weighted by molar-refractivity contribution is 7.18. The first-order valence-corrected chi connectivity index (χ1v) is 8.54. The van der Waals surface area contributed by atoms with Crippen LogP contribution in [0.15, 0.2) is 36.4 Å². The topological polar surface area (TPSA) is 42.6 Å². The number of halogens is 1. The van der Waals surface area contributed by atoms with E-state index in [9.17, 15) is 5.11 Å². The molecule has 3 aromatic rings. The quantitative estimate of drug-likeness (QED) is 0.627. The summed E-state index contributed by atoms with van der Waals surface area (Å²) in [6.45, 7) is 3.05. The van der Waals surface area contributed by atoms with Gasteiger partial charge in [0.1, 0.15) is 11.2 Å². The Hall–Kier alpha value is -2.05. The summed E-state index contributed by atoms with van der Waals surface area (Å²) < 4.78 is 14.0. The summed E-state index contributed by atoms with van der Waals surface area (Å²) in [4.78, 5) is 0. The molecule has 2 aromatic carbocycles. The first-order chi connectivity index (χ1) is 11.7. The summed E-state index contributed by atoms with van der Waals surface area (Å²) in [5.74, 6) is 0.810. The molecular weight excluding hydrogens is 402 g/mol. The summed E-state index contributed by atoms with van der Waals surface area (Å²) in [5.41, 5.74) is 2.15. The Balaban J connectivity index is 0.00000225. The van der Waals surface area contributed by atoms with E-state index < -0.39 is 0 Å². The van der Waals surface area contributed by atoms with Gasteiger partial charge in [0.05, 0.1) is 14.2 Å². The van der Waals surface area contributed by atoms with E-state index in [4.69, 9.17) is 9.47 Å². The second-order valence-electron chi connectivity index (χ2n) is 5.26. The van der Waals surface area contributed by atoms with Gasteiger partial charge in [0.2, 0.25) is 11.3 Å². The van der Waals surface area contributed by atoms with E-state index in [1.807, 2.05) is 6.08 Å². The van der Waals surface area contributed by atoms with Crippen molar-refractivity contribution >= 4 is 33.7 Å². The highest BCUT2D eigenvalue weighted by atomic mass is 79.9. The van der Waals surface area contributed by atoms with E-state index in [1.165, 1.54) is 29.4 Å². The van der Waals surface area contributed by atoms with Crippen molar-refractivity contribution in [2.24, 2.45) is 0 Å². The van der Waals surface area contributed by atoms with Crippen molar-refractivity contribution in [1.29, 1.82) is 0 Å². The Morgan fingerprint density at radius 3 is 2.32 bits per heavy atom. The number of nitrogens with zero attached hydrogens (tertiary/aromatic N) is 1. The number of aryl methyl sites for hydroxylation is 1. The van der Waals surface area contributed by atoms with Crippen LogP contribution in [0.25, 0.3) is 22.4 Å². The minimum absolute atomic E-state index is 0. The number of fused-ring (bicyclic) bond motifs is 1. The lowest BCUT2D eigenvalue weighted by atomic mass is 10.1. The van der Waals surface area contributed by atoms with E-state index >= 15 is 0 Å². The molecule has 0 bridgehead atoms. The summed E-state index contributed by atoms with van der Waals surface area (Å²) in [6, 6.07) is 12.0. The van der Waals surface area contributed by atoms with Crippen LogP contribution in [0.1, 0.15) is 17.5 Å². The van der Waals surface area contributed by atoms with Gasteiger partial charge in [-0.3, -0.25) is 0 Å². The molecule has 25 heavy (non-hydrogen) atoms. The van der Waals surface area contributed by atoms with Gasteiger partial charge in [-0.25, -0.2) is 0 Å². The average Bonchev–Trinajstić information content (AvgIpc) is 2.98. The van der Waals surface area contributed by atoms with Gasteiger partial charge in [-0.15, -0.1) is 0 Å². The van der Waals surface area contributed by atoms with E-state index in [0.717, 1.165) is 12.1 Å². The fourth-order valence-electron chi connectivity index (χ4n) is 2.68. The maximum Gasteiger partial charge on any atom is 0.262 e. The molecule has 3 rings (SSSR count). The molecule has 0 aliphatic rings. The first kappa shape index (κ1) is 19.3. The fourth-order valence-corrected chi connectivity index (χ4v) is 3.81. The van der Waals surface area contributed by atoms with Crippen molar-refractivity contribution in [3.63, 3.8) is 0 Å². The van der Waals surface area contributed by atoms with Crippen LogP contribution in [-0.2, 0) is 6.54 Å². The third kappa shape index (κ3) is 3.80. The fraction of sp³-hybridized carbons (Fsp3) is 0.211. The lowest BCUT2D eigenvalue weighted by molar-refractivity contribution is -0.665. The molecular formula is C19H20BrNO3S. The molecule has 1 aromatic heterocycles. The van der Waals surface area contributed by atoms with Crippen molar-refractivity contribution in [2.75, 3.05) is 14.2 Å². The second-order valence-corrected chi connectivity index (χ2v) is 6.32. The van der Waals surface area contributed by atoms with Crippen molar-refractivity contribution in [1.82, 2.24) is 0 Å². The van der Waals surface area contributed by atoms with Gasteiger partial charge in [0.25, 0.3) is 5.01 Å². The standard InChI is InChI=1S/C19H19NO3S.BrH/c1-4-20-14-7-5-6-8-17(14)24-18(20)10-9-13-11-15(22-2)19(21)16(12-13)23-3;/h5-12H,4H2,1-3H3;1H. The van der Waals surface area contributed by atoms with Gasteiger partial charge in [-0.05, 0) is 36.8 Å². The molecule has 0 saturated heterocycles. The number of aromatic hydroxyl groups is 1. The lowest BCUT2D eigenvalue weighted by Gasteiger charge is -2.09. The zero-order valence-electron chi connectivity index (χ0n) is 14.3. The maximum atomic E-state index is 10.00. The van der Waals surface area contributed by atoms with Crippen LogP contribution >= 0.6 is 11.3 Å². The van der Waals surface area contributed by atoms with Gasteiger partial charge in [-0.2, -0.15) is 4.57 Å². The first-order valence-electron chi connectivity index (χ1n) is 7.72. The Morgan fingerprint density at radius 1 is 1.08 bits per heavy atom. The molecule has 6 heteroatoms. The van der Waals surface area contributed by atoms with Gasteiger partial charge >= 0.3 is 0 Å². The number of aromatic nitrogens is 1. The summed E-state index contributed by atoms with van der Waals surface area (Å²) >= 11 is 1.76. The largest absolute Gasteiger partial charge is 1.00 e. The number of methoxy groups -OCH3 is 2. The number of phenolic OH excluding ortho intramolecular Hbond substituents is 1. The van der Waals surface area contributed by atoms with Crippen LogP contribution in [0.2, 0.25) is 0 Å². The Kier molecular flexibility index (Phi) is 6.45. The predicted molar refractivity (Wildman–Crippen MR) is 97.8 cm³/mol. The molecule has 0 atom stereocenters. The zero-order valence-corrected chi connectivity index (χ0v) is 16.7. The number of hydrogen-bond acceptors (Lipinski definition) is 4. The summed E-state index contributed by atoms with van der Waals surface area (Å²) in [5, 5.41) is 11.2. The molecule has 0 saturated carbocycles. The van der Waals surface area contributed by atoms with Crippen molar-refractivity contribution < 1.29 is 36.1 Å². The average molecular weight is 422 g/mol. The molecule has 0 fully saturated rings. The van der Waals surface area contributed by atoms with E-state index in [0.29, 0.717) is 11.5 Å². The Bertz CT molecular complexity index is 880. The number of hydrogen-bond donors (Lipinski definition) is 1. The molecule has 132 valence electrons. The van der Waals surface area contributed by atoms with Crippen LogP contribution in [0.3, 0.4) is 0 Å². The number of ether oxygens (including phenoxy) is 2. The molecule has 0 aliphatic carbocycles. The van der Waals surface area contributed by atoms with Gasteiger partial charge < -0.3 is 31.6 Å². The number of phenols is 1. The zero-order chi connectivity index (χ0) is 17.1. The maximum absolute atomic E-state index is 10.00. The minimum atomic E-state index is 0. The molecule has 1 N–H and O–H groups in total. The van der Waals surface area contributed by atoms with Crippen LogP contribution < -0.4 is 31.0 Å². The smallest absolute Gasteiger partial charge is 0.262 e. The van der Waals surface area contributed by atoms with Crippen molar-refractivity contribution in [2.45, 2.75) is 13.5 Å². The SMILES string of the molecule is CC[n+]1c(/C=C/c2cc(OC)c(O)c(OC)c2)sc2ccccc21.[Br-]. The van der Waals surface area contributed by atoms with Crippen LogP contribution in [-0.4, -0.2) is 19.3 Å². The van der Waals surface area contributed by atoms with Crippen LogP contribution in [0.4, 0.5) is 0 Å². The summed E-state index contributed by atoms with van der Waals surface area (Å²) in [6.07, 6.45) is 4.08.